The lowest BCUT2D eigenvalue weighted by atomic mass is 10.1. The number of benzene rings is 1. The first-order chi connectivity index (χ1) is 8.08. The molecule has 5 nitrogen and oxygen atoms in total. The fourth-order valence-electron chi connectivity index (χ4n) is 1.50. The lowest BCUT2D eigenvalue weighted by molar-refractivity contribution is -0.139. The molecule has 92 valence electrons. The Balaban J connectivity index is 2.56. The molecule has 0 spiro atoms. The molecule has 0 aliphatic heterocycles. The summed E-state index contributed by atoms with van der Waals surface area (Å²) in [5.74, 6) is -1.86. The number of carbonyl (C=O) groups is 2. The predicted molar refractivity (Wildman–Crippen MR) is 63.0 cm³/mol. The molecule has 0 fully saturated rings. The molecule has 1 aromatic carbocycles. The predicted octanol–water partition coefficient (Wildman–Crippen LogP) is 1.81. The van der Waals surface area contributed by atoms with E-state index in [1.54, 1.807) is 0 Å². The Morgan fingerprint density at radius 3 is 2.29 bits per heavy atom. The summed E-state index contributed by atoms with van der Waals surface area (Å²) >= 11 is 0. The van der Waals surface area contributed by atoms with Gasteiger partial charge in [-0.2, -0.15) is 0 Å². The third-order valence-corrected chi connectivity index (χ3v) is 2.27. The summed E-state index contributed by atoms with van der Waals surface area (Å²) < 4.78 is 0. The second kappa shape index (κ2) is 6.52. The van der Waals surface area contributed by atoms with Gasteiger partial charge in [-0.25, -0.2) is 0 Å². The normalized spacial score (nSPS) is 11.8. The topological polar surface area (TPSA) is 86.6 Å². The molecule has 0 amide bonds. The number of carboxylic acids is 2. The largest absolute Gasteiger partial charge is 0.481 e. The number of carboxylic acid groups (broad SMARTS) is 2. The lowest BCUT2D eigenvalue weighted by Crippen LogP contribution is -2.24. The second-order valence-corrected chi connectivity index (χ2v) is 3.74. The molecule has 0 radical (unpaired) electrons. The zero-order valence-electron chi connectivity index (χ0n) is 9.30. The van der Waals surface area contributed by atoms with Crippen LogP contribution in [0.3, 0.4) is 0 Å². The molecule has 3 N–H and O–H groups in total. The van der Waals surface area contributed by atoms with Crippen LogP contribution in [0, 0.1) is 0 Å². The minimum Gasteiger partial charge on any atom is -0.481 e. The highest BCUT2D eigenvalue weighted by atomic mass is 16.4. The van der Waals surface area contributed by atoms with Crippen LogP contribution in [-0.4, -0.2) is 28.2 Å². The molecule has 5 heteroatoms. The van der Waals surface area contributed by atoms with Gasteiger partial charge in [-0.15, -0.1) is 0 Å². The molecule has 1 rings (SSSR count). The van der Waals surface area contributed by atoms with E-state index in [1.165, 1.54) is 0 Å². The number of nitrogens with one attached hydrogen (secondary N) is 1. The standard InChI is InChI=1S/C12H15NO4/c14-11(15)7-6-10(8-12(16)17)13-9-4-2-1-3-5-9/h1-5,10,13H,6-8H2,(H,14,15)(H,16,17). The molecule has 0 aliphatic rings. The fraction of sp³-hybridized carbons (Fsp3) is 0.333. The van der Waals surface area contributed by atoms with E-state index in [-0.39, 0.29) is 25.3 Å². The van der Waals surface area contributed by atoms with Gasteiger partial charge in [0, 0.05) is 18.2 Å². The summed E-state index contributed by atoms with van der Waals surface area (Å²) in [5.41, 5.74) is 0.795. The number of aliphatic carboxylic acids is 2. The quantitative estimate of drug-likeness (QED) is 0.673. The van der Waals surface area contributed by atoms with Crippen molar-refractivity contribution in [3.63, 3.8) is 0 Å². The average Bonchev–Trinajstić information content (AvgIpc) is 2.26. The average molecular weight is 237 g/mol. The second-order valence-electron chi connectivity index (χ2n) is 3.74. The van der Waals surface area contributed by atoms with Gasteiger partial charge in [0.05, 0.1) is 6.42 Å². The van der Waals surface area contributed by atoms with E-state index in [1.807, 2.05) is 30.3 Å². The molecule has 0 aromatic heterocycles. The van der Waals surface area contributed by atoms with Gasteiger partial charge < -0.3 is 15.5 Å². The van der Waals surface area contributed by atoms with E-state index < -0.39 is 11.9 Å². The SMILES string of the molecule is O=C(O)CCC(CC(=O)O)Nc1ccccc1. The highest BCUT2D eigenvalue weighted by Crippen LogP contribution is 2.12. The molecule has 17 heavy (non-hydrogen) atoms. The van der Waals surface area contributed by atoms with Gasteiger partial charge in [-0.1, -0.05) is 18.2 Å². The summed E-state index contributed by atoms with van der Waals surface area (Å²) in [7, 11) is 0. The van der Waals surface area contributed by atoms with Gasteiger partial charge in [-0.05, 0) is 18.6 Å². The van der Waals surface area contributed by atoms with Crippen molar-refractivity contribution >= 4 is 17.6 Å². The molecule has 0 aliphatic carbocycles. The minimum atomic E-state index is -0.941. The van der Waals surface area contributed by atoms with Gasteiger partial charge >= 0.3 is 11.9 Å². The highest BCUT2D eigenvalue weighted by Gasteiger charge is 2.14. The number of rotatable bonds is 7. The smallest absolute Gasteiger partial charge is 0.305 e. The van der Waals surface area contributed by atoms with Crippen molar-refractivity contribution in [3.8, 4) is 0 Å². The Hall–Kier alpha value is -2.04. The van der Waals surface area contributed by atoms with Crippen LogP contribution in [0.2, 0.25) is 0 Å². The van der Waals surface area contributed by atoms with Crippen molar-refractivity contribution in [1.29, 1.82) is 0 Å². The van der Waals surface area contributed by atoms with Crippen LogP contribution in [0.5, 0.6) is 0 Å². The third kappa shape index (κ3) is 5.55. The summed E-state index contributed by atoms with van der Waals surface area (Å²) in [5, 5.41) is 20.3. The van der Waals surface area contributed by atoms with Crippen LogP contribution in [0.15, 0.2) is 30.3 Å². The molecule has 0 saturated heterocycles. The zero-order chi connectivity index (χ0) is 12.7. The number of hydrogen-bond donors (Lipinski definition) is 3. The van der Waals surface area contributed by atoms with E-state index in [2.05, 4.69) is 5.32 Å². The maximum Gasteiger partial charge on any atom is 0.305 e. The van der Waals surface area contributed by atoms with Crippen molar-refractivity contribution in [2.45, 2.75) is 25.3 Å². The molecular weight excluding hydrogens is 222 g/mol. The van der Waals surface area contributed by atoms with Gasteiger partial charge in [0.1, 0.15) is 0 Å². The highest BCUT2D eigenvalue weighted by molar-refractivity contribution is 5.69. The maximum atomic E-state index is 10.7. The minimum absolute atomic E-state index is 0.0439. The Kier molecular flexibility index (Phi) is 5.00. The van der Waals surface area contributed by atoms with E-state index in [4.69, 9.17) is 10.2 Å². The number of hydrogen-bond acceptors (Lipinski definition) is 3. The first kappa shape index (κ1) is 13.0. The number of anilines is 1. The fourth-order valence-corrected chi connectivity index (χ4v) is 1.50. The first-order valence-corrected chi connectivity index (χ1v) is 5.33. The molecule has 1 atom stereocenters. The van der Waals surface area contributed by atoms with E-state index in [9.17, 15) is 9.59 Å². The third-order valence-electron chi connectivity index (χ3n) is 2.27. The van der Waals surface area contributed by atoms with E-state index in [0.717, 1.165) is 5.69 Å². The molecule has 0 heterocycles. The van der Waals surface area contributed by atoms with Gasteiger partial charge in [0.25, 0.3) is 0 Å². The van der Waals surface area contributed by atoms with E-state index >= 15 is 0 Å². The number of para-hydroxylation sites is 1. The Morgan fingerprint density at radius 1 is 1.12 bits per heavy atom. The van der Waals surface area contributed by atoms with Crippen molar-refractivity contribution < 1.29 is 19.8 Å². The molecule has 1 aromatic rings. The van der Waals surface area contributed by atoms with Crippen molar-refractivity contribution in [2.24, 2.45) is 0 Å². The van der Waals surface area contributed by atoms with E-state index in [0.29, 0.717) is 0 Å². The summed E-state index contributed by atoms with van der Waals surface area (Å²) in [6.07, 6.45) is 0.149. The molecule has 1 unspecified atom stereocenters. The van der Waals surface area contributed by atoms with Crippen LogP contribution < -0.4 is 5.32 Å². The summed E-state index contributed by atoms with van der Waals surface area (Å²) in [4.78, 5) is 21.1. The van der Waals surface area contributed by atoms with Crippen molar-refractivity contribution in [3.05, 3.63) is 30.3 Å². The maximum absolute atomic E-state index is 10.7. The van der Waals surface area contributed by atoms with Crippen LogP contribution in [0.4, 0.5) is 5.69 Å². The Morgan fingerprint density at radius 2 is 1.76 bits per heavy atom. The monoisotopic (exact) mass is 237 g/mol. The van der Waals surface area contributed by atoms with Crippen LogP contribution >= 0.6 is 0 Å². The summed E-state index contributed by atoms with van der Waals surface area (Å²) in [6, 6.07) is 8.78. The summed E-state index contributed by atoms with van der Waals surface area (Å²) in [6.45, 7) is 0. The first-order valence-electron chi connectivity index (χ1n) is 5.33. The van der Waals surface area contributed by atoms with Gasteiger partial charge in [0.2, 0.25) is 0 Å². The van der Waals surface area contributed by atoms with Gasteiger partial charge in [-0.3, -0.25) is 9.59 Å². The Labute approximate surface area is 99.1 Å². The van der Waals surface area contributed by atoms with Gasteiger partial charge in [0.15, 0.2) is 0 Å². The Bertz CT molecular complexity index is 377. The van der Waals surface area contributed by atoms with Crippen LogP contribution in [0.1, 0.15) is 19.3 Å². The van der Waals surface area contributed by atoms with Crippen molar-refractivity contribution in [1.82, 2.24) is 0 Å². The molecule has 0 bridgehead atoms. The molecular formula is C12H15NO4. The lowest BCUT2D eigenvalue weighted by Gasteiger charge is -2.17. The zero-order valence-corrected chi connectivity index (χ0v) is 9.30. The molecule has 0 saturated carbocycles. The van der Waals surface area contributed by atoms with Crippen molar-refractivity contribution in [2.75, 3.05) is 5.32 Å². The van der Waals surface area contributed by atoms with Crippen LogP contribution in [0.25, 0.3) is 0 Å². The van der Waals surface area contributed by atoms with Crippen LogP contribution in [-0.2, 0) is 9.59 Å².